The molecule has 34 heavy (non-hydrogen) atoms. The van der Waals surface area contributed by atoms with Crippen molar-refractivity contribution >= 4 is 17.9 Å². The molecule has 4 aliphatic rings. The van der Waals surface area contributed by atoms with Crippen molar-refractivity contribution in [2.75, 3.05) is 60.5 Å². The lowest BCUT2D eigenvalue weighted by Gasteiger charge is -2.53. The monoisotopic (exact) mass is 492 g/mol. The molecule has 0 aromatic heterocycles. The maximum Gasteiger partial charge on any atom is 0.490 e. The minimum atomic E-state index is -5.08. The second-order valence-electron chi connectivity index (χ2n) is 10.1. The number of likely N-dealkylation sites (tertiary alicyclic amines) is 2. The van der Waals surface area contributed by atoms with Crippen LogP contribution >= 0.6 is 0 Å². The van der Waals surface area contributed by atoms with Gasteiger partial charge >= 0.3 is 18.2 Å². The number of carboxylic acid groups (broad SMARTS) is 1. The molecule has 3 aliphatic heterocycles. The van der Waals surface area contributed by atoms with Crippen LogP contribution in [0, 0.1) is 23.2 Å². The molecule has 0 radical (unpaired) electrons. The number of nitrogens with zero attached hydrogens (tertiary/aromatic N) is 3. The lowest BCUT2D eigenvalue weighted by molar-refractivity contribution is -0.192. The summed E-state index contributed by atoms with van der Waals surface area (Å²) in [6.45, 7) is 5.02. The number of carboxylic acids is 1. The first-order valence-corrected chi connectivity index (χ1v) is 11.7. The highest BCUT2D eigenvalue weighted by molar-refractivity contribution is 5.83. The van der Waals surface area contributed by atoms with Crippen LogP contribution in [0.3, 0.4) is 0 Å². The fraction of sp³-hybridized carbons (Fsp3) is 0.864. The maximum atomic E-state index is 13.4. The molecule has 3 saturated heterocycles. The van der Waals surface area contributed by atoms with E-state index < -0.39 is 12.1 Å². The second-order valence-corrected chi connectivity index (χ2v) is 10.1. The Kier molecular flexibility index (Phi) is 8.01. The van der Waals surface area contributed by atoms with E-state index in [-0.39, 0.29) is 23.4 Å². The topological polar surface area (TPSA) is 102 Å². The lowest BCUT2D eigenvalue weighted by Crippen LogP contribution is -2.62. The smallest absolute Gasteiger partial charge is 0.475 e. The molecule has 12 heteroatoms. The summed E-state index contributed by atoms with van der Waals surface area (Å²) in [6, 6.07) is 0.0336. The van der Waals surface area contributed by atoms with Gasteiger partial charge in [-0.25, -0.2) is 9.59 Å². The summed E-state index contributed by atoms with van der Waals surface area (Å²) in [5.74, 6) is -1.41. The molecule has 4 rings (SSSR count). The van der Waals surface area contributed by atoms with Gasteiger partial charge in [0.15, 0.2) is 0 Å². The molecule has 3 heterocycles. The van der Waals surface area contributed by atoms with Crippen molar-refractivity contribution in [1.82, 2.24) is 20.0 Å². The molecule has 1 saturated carbocycles. The highest BCUT2D eigenvalue weighted by Crippen LogP contribution is 2.53. The number of rotatable bonds is 3. The summed E-state index contributed by atoms with van der Waals surface area (Å²) in [4.78, 5) is 40.6. The number of aliphatic carboxylic acids is 1. The van der Waals surface area contributed by atoms with E-state index in [0.717, 1.165) is 58.5 Å². The molecule has 4 fully saturated rings. The van der Waals surface area contributed by atoms with Crippen LogP contribution in [0.15, 0.2) is 0 Å². The van der Waals surface area contributed by atoms with Crippen molar-refractivity contribution in [3.05, 3.63) is 0 Å². The van der Waals surface area contributed by atoms with E-state index >= 15 is 0 Å². The Morgan fingerprint density at radius 3 is 2.15 bits per heavy atom. The van der Waals surface area contributed by atoms with Crippen LogP contribution in [0.4, 0.5) is 18.0 Å². The molecule has 0 aromatic rings. The molecule has 0 aromatic carbocycles. The van der Waals surface area contributed by atoms with Gasteiger partial charge in [0.05, 0.1) is 19.3 Å². The fourth-order valence-corrected chi connectivity index (χ4v) is 5.63. The number of hydrogen-bond donors (Lipinski definition) is 2. The van der Waals surface area contributed by atoms with Gasteiger partial charge in [0.1, 0.15) is 0 Å². The maximum absolute atomic E-state index is 13.4. The Morgan fingerprint density at radius 2 is 1.65 bits per heavy atom. The van der Waals surface area contributed by atoms with Crippen molar-refractivity contribution in [1.29, 1.82) is 0 Å². The van der Waals surface area contributed by atoms with Gasteiger partial charge < -0.3 is 29.9 Å². The predicted octanol–water partition coefficient (Wildman–Crippen LogP) is 1.49. The molecule has 0 bridgehead atoms. The highest BCUT2D eigenvalue weighted by atomic mass is 19.4. The Hall–Kier alpha value is -2.08. The van der Waals surface area contributed by atoms with Crippen LogP contribution in [0.1, 0.15) is 25.7 Å². The Morgan fingerprint density at radius 1 is 1.09 bits per heavy atom. The van der Waals surface area contributed by atoms with Crippen molar-refractivity contribution < 1.29 is 37.4 Å². The van der Waals surface area contributed by atoms with Crippen molar-refractivity contribution in [2.24, 2.45) is 23.2 Å². The quantitative estimate of drug-likeness (QED) is 0.619. The van der Waals surface area contributed by atoms with Crippen molar-refractivity contribution in [3.63, 3.8) is 0 Å². The zero-order chi connectivity index (χ0) is 25.3. The molecule has 4 atom stereocenters. The van der Waals surface area contributed by atoms with E-state index in [2.05, 4.69) is 22.2 Å². The van der Waals surface area contributed by atoms with E-state index in [1.54, 1.807) is 19.0 Å². The van der Waals surface area contributed by atoms with Gasteiger partial charge in [0.25, 0.3) is 0 Å². The normalized spacial score (nSPS) is 30.1. The van der Waals surface area contributed by atoms with Crippen LogP contribution < -0.4 is 5.32 Å². The molecular weight excluding hydrogens is 457 g/mol. The summed E-state index contributed by atoms with van der Waals surface area (Å²) in [5.41, 5.74) is 0.139. The van der Waals surface area contributed by atoms with Gasteiger partial charge in [-0.2, -0.15) is 13.2 Å². The SMILES string of the molecule is CN1CCC2(CCCN(C(=O)C3[C@H]4COC[C@@H]34)C2CNC(=O)N(C)C)CC1.O=C(O)C(F)(F)F. The molecule has 2 unspecified atom stereocenters. The Labute approximate surface area is 197 Å². The molecule has 194 valence electrons. The van der Waals surface area contributed by atoms with Gasteiger partial charge in [-0.3, -0.25) is 4.79 Å². The van der Waals surface area contributed by atoms with E-state index in [0.29, 0.717) is 24.3 Å². The largest absolute Gasteiger partial charge is 0.490 e. The van der Waals surface area contributed by atoms with E-state index in [4.69, 9.17) is 14.6 Å². The third-order valence-electron chi connectivity index (χ3n) is 7.76. The number of hydrogen-bond acceptors (Lipinski definition) is 5. The number of urea groups is 1. The lowest BCUT2D eigenvalue weighted by atomic mass is 9.66. The number of carbonyl (C=O) groups is 3. The minimum Gasteiger partial charge on any atom is -0.475 e. The average Bonchev–Trinajstić information content (AvgIpc) is 3.24. The number of halogens is 3. The van der Waals surface area contributed by atoms with E-state index in [1.807, 2.05) is 0 Å². The number of ether oxygens (including phenoxy) is 1. The van der Waals surface area contributed by atoms with Crippen LogP contribution in [0.5, 0.6) is 0 Å². The first kappa shape index (κ1) is 26.5. The number of fused-ring (bicyclic) bond motifs is 1. The van der Waals surface area contributed by atoms with E-state index in [1.165, 1.54) is 0 Å². The van der Waals surface area contributed by atoms with Gasteiger partial charge in [-0.05, 0) is 63.1 Å². The number of amides is 3. The number of carbonyl (C=O) groups excluding carboxylic acids is 2. The van der Waals surface area contributed by atoms with Gasteiger partial charge in [0, 0.05) is 33.1 Å². The minimum absolute atomic E-state index is 0.0762. The fourth-order valence-electron chi connectivity index (χ4n) is 5.63. The third-order valence-corrected chi connectivity index (χ3v) is 7.76. The van der Waals surface area contributed by atoms with Crippen LogP contribution in [0.25, 0.3) is 0 Å². The molecular formula is C22H35F3N4O5. The average molecular weight is 493 g/mol. The summed E-state index contributed by atoms with van der Waals surface area (Å²) >= 11 is 0. The van der Waals surface area contributed by atoms with Gasteiger partial charge in [-0.1, -0.05) is 0 Å². The van der Waals surface area contributed by atoms with Gasteiger partial charge in [0.2, 0.25) is 5.91 Å². The van der Waals surface area contributed by atoms with E-state index in [9.17, 15) is 22.8 Å². The first-order valence-electron chi connectivity index (χ1n) is 11.7. The van der Waals surface area contributed by atoms with Crippen LogP contribution in [-0.2, 0) is 14.3 Å². The zero-order valence-electron chi connectivity index (χ0n) is 19.9. The summed E-state index contributed by atoms with van der Waals surface area (Å²) < 4.78 is 37.2. The van der Waals surface area contributed by atoms with Crippen LogP contribution in [0.2, 0.25) is 0 Å². The van der Waals surface area contributed by atoms with Crippen molar-refractivity contribution in [3.8, 4) is 0 Å². The first-order chi connectivity index (χ1) is 15.9. The number of piperidine rings is 2. The Bertz CT molecular complexity index is 760. The Balaban J connectivity index is 0.000000406. The summed E-state index contributed by atoms with van der Waals surface area (Å²) in [7, 11) is 5.69. The predicted molar refractivity (Wildman–Crippen MR) is 116 cm³/mol. The molecule has 1 spiro atoms. The summed E-state index contributed by atoms with van der Waals surface area (Å²) in [6.07, 6.45) is -0.632. The molecule has 1 aliphatic carbocycles. The summed E-state index contributed by atoms with van der Waals surface area (Å²) in [5, 5.41) is 10.2. The molecule has 9 nitrogen and oxygen atoms in total. The van der Waals surface area contributed by atoms with Gasteiger partial charge in [-0.15, -0.1) is 0 Å². The number of alkyl halides is 3. The standard InChI is InChI=1S/C20H34N4O3.C2HF3O2/c1-22(2)19(26)21-11-16-20(6-9-23(3)10-7-20)5-4-8-24(16)18(25)17-14-12-27-13-15(14)17;3-2(4,5)1(6)7/h14-17H,4-13H2,1-3H3,(H,21,26);(H,6,7)/t14-,15+,16?,17?;. The second kappa shape index (κ2) is 10.3. The third kappa shape index (κ3) is 5.76. The number of nitrogens with one attached hydrogen (secondary N) is 1. The molecule has 3 amide bonds. The van der Waals surface area contributed by atoms with Crippen molar-refractivity contribution in [2.45, 2.75) is 37.9 Å². The highest BCUT2D eigenvalue weighted by Gasteiger charge is 2.60. The molecule has 2 N–H and O–H groups in total. The zero-order valence-corrected chi connectivity index (χ0v) is 19.9. The van der Waals surface area contributed by atoms with Crippen LogP contribution in [-0.4, -0.2) is 110 Å².